The van der Waals surface area contributed by atoms with Crippen molar-refractivity contribution in [1.82, 2.24) is 14.8 Å². The molecule has 0 radical (unpaired) electrons. The predicted octanol–water partition coefficient (Wildman–Crippen LogP) is 3.54. The molecular weight excluding hydrogens is 392 g/mol. The molecule has 0 spiro atoms. The van der Waals surface area contributed by atoms with Gasteiger partial charge in [0.05, 0.1) is 11.4 Å². The molecule has 31 heavy (non-hydrogen) atoms. The number of H-pyrrole nitrogens is 1. The van der Waals surface area contributed by atoms with E-state index >= 15 is 0 Å². The minimum Gasteiger partial charge on any atom is -0.315 e. The van der Waals surface area contributed by atoms with Crippen LogP contribution < -0.4 is 10.9 Å². The van der Waals surface area contributed by atoms with Gasteiger partial charge >= 0.3 is 0 Å². The summed E-state index contributed by atoms with van der Waals surface area (Å²) in [6.45, 7) is 3.57. The molecule has 1 atom stereocenters. The summed E-state index contributed by atoms with van der Waals surface area (Å²) in [5.41, 5.74) is 2.92. The van der Waals surface area contributed by atoms with Crippen molar-refractivity contribution in [2.75, 3.05) is 5.32 Å². The number of rotatable bonds is 5. The van der Waals surface area contributed by atoms with Gasteiger partial charge in [0.15, 0.2) is 11.6 Å². The fraction of sp³-hybridized carbons (Fsp3) is 0.167. The molecule has 2 heterocycles. The zero-order valence-corrected chi connectivity index (χ0v) is 17.5. The van der Waals surface area contributed by atoms with Crippen LogP contribution in [-0.4, -0.2) is 26.5 Å². The van der Waals surface area contributed by atoms with Crippen molar-refractivity contribution in [3.8, 4) is 0 Å². The van der Waals surface area contributed by atoms with Crippen LogP contribution in [0.5, 0.6) is 0 Å². The number of nitrogens with zero attached hydrogens (tertiary/aromatic N) is 2. The number of pyridine rings is 1. The Morgan fingerprint density at radius 1 is 1.03 bits per heavy atom. The van der Waals surface area contributed by atoms with Gasteiger partial charge in [-0.05, 0) is 31.5 Å². The normalized spacial score (nSPS) is 12.0. The first kappa shape index (κ1) is 20.3. The third-order valence-electron chi connectivity index (χ3n) is 5.51. The molecule has 0 aliphatic heterocycles. The summed E-state index contributed by atoms with van der Waals surface area (Å²) in [6, 6.07) is 17.8. The SMILES string of the molecule is Cc1cc2[nH]nc(NC(=O)C(C)c3cccc(C(=O)c4ccccc4)c3)c2c(=O)n1C. The lowest BCUT2D eigenvalue weighted by Gasteiger charge is -2.13. The number of aromatic nitrogens is 3. The molecule has 0 aliphatic carbocycles. The Balaban J connectivity index is 1.60. The van der Waals surface area contributed by atoms with Gasteiger partial charge in [-0.2, -0.15) is 5.10 Å². The van der Waals surface area contributed by atoms with Crippen LogP contribution in [0.1, 0.15) is 40.0 Å². The molecule has 7 nitrogen and oxygen atoms in total. The second kappa shape index (κ2) is 8.02. The number of hydrogen-bond donors (Lipinski definition) is 2. The molecule has 2 N–H and O–H groups in total. The Hall–Kier alpha value is -4.00. The maximum absolute atomic E-state index is 12.9. The van der Waals surface area contributed by atoms with Gasteiger partial charge in [-0.3, -0.25) is 19.5 Å². The number of ketones is 1. The molecule has 4 rings (SSSR count). The summed E-state index contributed by atoms with van der Waals surface area (Å²) in [5.74, 6) is -0.777. The quantitative estimate of drug-likeness (QED) is 0.488. The summed E-state index contributed by atoms with van der Waals surface area (Å²) < 4.78 is 1.51. The highest BCUT2D eigenvalue weighted by atomic mass is 16.2. The summed E-state index contributed by atoms with van der Waals surface area (Å²) >= 11 is 0. The number of carbonyl (C=O) groups is 2. The van der Waals surface area contributed by atoms with E-state index in [0.29, 0.717) is 27.6 Å². The van der Waals surface area contributed by atoms with Crippen LogP contribution >= 0.6 is 0 Å². The number of hydrogen-bond acceptors (Lipinski definition) is 4. The lowest BCUT2D eigenvalue weighted by atomic mass is 9.95. The van der Waals surface area contributed by atoms with Crippen LogP contribution in [0.2, 0.25) is 0 Å². The number of aryl methyl sites for hydroxylation is 1. The third-order valence-corrected chi connectivity index (χ3v) is 5.51. The minimum absolute atomic E-state index is 0.104. The van der Waals surface area contributed by atoms with E-state index in [9.17, 15) is 14.4 Å². The molecule has 0 saturated carbocycles. The van der Waals surface area contributed by atoms with Crippen molar-refractivity contribution in [3.63, 3.8) is 0 Å². The molecular formula is C24H22N4O3. The first-order valence-electron chi connectivity index (χ1n) is 9.92. The number of carbonyl (C=O) groups excluding carboxylic acids is 2. The van der Waals surface area contributed by atoms with Crippen LogP contribution in [0, 0.1) is 6.92 Å². The van der Waals surface area contributed by atoms with Crippen molar-refractivity contribution in [2.45, 2.75) is 19.8 Å². The minimum atomic E-state index is -0.551. The summed E-state index contributed by atoms with van der Waals surface area (Å²) in [7, 11) is 1.67. The van der Waals surface area contributed by atoms with Crippen molar-refractivity contribution in [2.24, 2.45) is 7.05 Å². The number of anilines is 1. The lowest BCUT2D eigenvalue weighted by Crippen LogP contribution is -2.22. The van der Waals surface area contributed by atoms with Gasteiger partial charge in [0.25, 0.3) is 5.56 Å². The molecule has 0 aliphatic rings. The van der Waals surface area contributed by atoms with Crippen molar-refractivity contribution >= 4 is 28.4 Å². The van der Waals surface area contributed by atoms with E-state index < -0.39 is 5.92 Å². The van der Waals surface area contributed by atoms with E-state index in [1.807, 2.05) is 31.2 Å². The fourth-order valence-corrected chi connectivity index (χ4v) is 3.48. The highest BCUT2D eigenvalue weighted by Gasteiger charge is 2.21. The van der Waals surface area contributed by atoms with Gasteiger partial charge < -0.3 is 9.88 Å². The maximum Gasteiger partial charge on any atom is 0.263 e. The summed E-state index contributed by atoms with van der Waals surface area (Å²) in [4.78, 5) is 38.3. The van der Waals surface area contributed by atoms with Gasteiger partial charge in [0.2, 0.25) is 5.91 Å². The molecule has 1 unspecified atom stereocenters. The molecule has 0 saturated heterocycles. The average Bonchev–Trinajstić information content (AvgIpc) is 3.19. The lowest BCUT2D eigenvalue weighted by molar-refractivity contribution is -0.117. The second-order valence-electron chi connectivity index (χ2n) is 7.54. The average molecular weight is 414 g/mol. The number of fused-ring (bicyclic) bond motifs is 1. The first-order valence-corrected chi connectivity index (χ1v) is 9.92. The van der Waals surface area contributed by atoms with Crippen molar-refractivity contribution in [1.29, 1.82) is 0 Å². The number of nitrogens with one attached hydrogen (secondary N) is 2. The molecule has 1 amide bonds. The molecule has 0 bridgehead atoms. The number of aromatic amines is 1. The van der Waals surface area contributed by atoms with E-state index in [1.54, 1.807) is 50.4 Å². The van der Waals surface area contributed by atoms with E-state index in [-0.39, 0.29) is 23.1 Å². The summed E-state index contributed by atoms with van der Waals surface area (Å²) in [5, 5.41) is 10.0. The molecule has 0 fully saturated rings. The number of benzene rings is 2. The molecule has 7 heteroatoms. The van der Waals surface area contributed by atoms with E-state index in [0.717, 1.165) is 5.69 Å². The first-order chi connectivity index (χ1) is 14.9. The largest absolute Gasteiger partial charge is 0.315 e. The Labute approximate surface area is 178 Å². The monoisotopic (exact) mass is 414 g/mol. The Morgan fingerprint density at radius 3 is 2.48 bits per heavy atom. The van der Waals surface area contributed by atoms with E-state index in [4.69, 9.17) is 0 Å². The summed E-state index contributed by atoms with van der Waals surface area (Å²) in [6.07, 6.45) is 0. The standard InChI is InChI=1S/C24H22N4O3/c1-14-12-19-20(24(31)28(14)3)22(27-26-19)25-23(30)15(2)17-10-7-11-18(13-17)21(29)16-8-5-4-6-9-16/h4-13,15H,1-3H3,(H2,25,26,27,30). The van der Waals surface area contributed by atoms with Crippen LogP contribution in [0.25, 0.3) is 10.9 Å². The van der Waals surface area contributed by atoms with Crippen LogP contribution in [-0.2, 0) is 11.8 Å². The van der Waals surface area contributed by atoms with Crippen LogP contribution in [0.3, 0.4) is 0 Å². The predicted molar refractivity (Wildman–Crippen MR) is 119 cm³/mol. The van der Waals surface area contributed by atoms with E-state index in [1.165, 1.54) is 4.57 Å². The molecule has 4 aromatic rings. The second-order valence-corrected chi connectivity index (χ2v) is 7.54. The van der Waals surface area contributed by atoms with Gasteiger partial charge in [0, 0.05) is 23.9 Å². The van der Waals surface area contributed by atoms with Crippen molar-refractivity contribution in [3.05, 3.63) is 93.4 Å². The highest BCUT2D eigenvalue weighted by molar-refractivity contribution is 6.09. The van der Waals surface area contributed by atoms with Gasteiger partial charge in [0.1, 0.15) is 5.39 Å². The Kier molecular flexibility index (Phi) is 5.25. The Morgan fingerprint density at radius 2 is 1.74 bits per heavy atom. The third kappa shape index (κ3) is 3.77. The molecule has 156 valence electrons. The zero-order chi connectivity index (χ0) is 22.1. The molecule has 2 aromatic carbocycles. The van der Waals surface area contributed by atoms with Gasteiger partial charge in [-0.1, -0.05) is 48.5 Å². The van der Waals surface area contributed by atoms with Gasteiger partial charge in [-0.15, -0.1) is 0 Å². The topological polar surface area (TPSA) is 96.8 Å². The molecule has 2 aromatic heterocycles. The fourth-order valence-electron chi connectivity index (χ4n) is 3.48. The zero-order valence-electron chi connectivity index (χ0n) is 17.5. The highest BCUT2D eigenvalue weighted by Crippen LogP contribution is 2.23. The smallest absolute Gasteiger partial charge is 0.263 e. The Bertz CT molecular complexity index is 1350. The van der Waals surface area contributed by atoms with Crippen LogP contribution in [0.15, 0.2) is 65.5 Å². The van der Waals surface area contributed by atoms with Crippen LogP contribution in [0.4, 0.5) is 5.82 Å². The number of amides is 1. The van der Waals surface area contributed by atoms with Gasteiger partial charge in [-0.25, -0.2) is 0 Å². The van der Waals surface area contributed by atoms with E-state index in [2.05, 4.69) is 15.5 Å². The maximum atomic E-state index is 12.9. The van der Waals surface area contributed by atoms with Crippen molar-refractivity contribution < 1.29 is 9.59 Å².